The second-order valence-corrected chi connectivity index (χ2v) is 8.67. The van der Waals surface area contributed by atoms with E-state index in [9.17, 15) is 0 Å². The van der Waals surface area contributed by atoms with Gasteiger partial charge in [-0.1, -0.05) is 33.0 Å². The molecule has 0 unspecified atom stereocenters. The summed E-state index contributed by atoms with van der Waals surface area (Å²) in [6.45, 7) is 9.04. The summed E-state index contributed by atoms with van der Waals surface area (Å²) >= 11 is 0. The zero-order valence-electron chi connectivity index (χ0n) is 6.99. The van der Waals surface area contributed by atoms with Gasteiger partial charge in [0.05, 0.1) is 8.07 Å². The summed E-state index contributed by atoms with van der Waals surface area (Å²) in [5, 5.41) is 0. The Hall–Kier alpha value is 0.177. The van der Waals surface area contributed by atoms with Crippen LogP contribution in [0.15, 0.2) is 0 Å². The molecular weight excluding hydrogens is 126 g/mol. The molecule has 0 rings (SSSR count). The third-order valence-electron chi connectivity index (χ3n) is 1.48. The first kappa shape index (κ1) is 9.18. The molecule has 0 aliphatic rings. The predicted molar refractivity (Wildman–Crippen MR) is 45.7 cm³/mol. The summed E-state index contributed by atoms with van der Waals surface area (Å²) in [6.07, 6.45) is 2.31. The molecule has 0 aliphatic heterocycles. The molecular formula is C7H18NSi. The van der Waals surface area contributed by atoms with E-state index >= 15 is 0 Å². The van der Waals surface area contributed by atoms with Crippen molar-refractivity contribution in [3.05, 3.63) is 5.67 Å². The normalized spacial score (nSPS) is 12.7. The minimum atomic E-state index is -1.09. The summed E-state index contributed by atoms with van der Waals surface area (Å²) in [6, 6.07) is 0. The SMILES string of the molecule is CCC[C](N)[Si](C)(C)C. The van der Waals surface area contributed by atoms with Gasteiger partial charge < -0.3 is 5.73 Å². The molecule has 55 valence electrons. The highest BCUT2D eigenvalue weighted by molar-refractivity contribution is 6.81. The van der Waals surface area contributed by atoms with Crippen LogP contribution in [0, 0.1) is 5.67 Å². The Labute approximate surface area is 59.6 Å². The summed E-state index contributed by atoms with van der Waals surface area (Å²) in [4.78, 5) is 0. The largest absolute Gasteiger partial charge is 0.326 e. The van der Waals surface area contributed by atoms with Crippen molar-refractivity contribution in [1.29, 1.82) is 0 Å². The van der Waals surface area contributed by atoms with Crippen LogP contribution in [0.2, 0.25) is 19.6 Å². The maximum atomic E-state index is 5.84. The van der Waals surface area contributed by atoms with Gasteiger partial charge in [-0.3, -0.25) is 0 Å². The van der Waals surface area contributed by atoms with Gasteiger partial charge in [-0.25, -0.2) is 0 Å². The molecule has 0 heterocycles. The monoisotopic (exact) mass is 144 g/mol. The van der Waals surface area contributed by atoms with Crippen molar-refractivity contribution < 1.29 is 0 Å². The summed E-state index contributed by atoms with van der Waals surface area (Å²) in [7, 11) is -1.09. The van der Waals surface area contributed by atoms with Crippen LogP contribution < -0.4 is 5.73 Å². The lowest BCUT2D eigenvalue weighted by atomic mass is 10.3. The Bertz CT molecular complexity index is 75.5. The molecule has 0 saturated carbocycles. The number of hydrogen-bond acceptors (Lipinski definition) is 1. The topological polar surface area (TPSA) is 26.0 Å². The van der Waals surface area contributed by atoms with Crippen LogP contribution in [0.1, 0.15) is 19.8 Å². The molecule has 1 nitrogen and oxygen atoms in total. The summed E-state index contributed by atoms with van der Waals surface area (Å²) in [5.41, 5.74) is 7.09. The highest BCUT2D eigenvalue weighted by atomic mass is 28.3. The average Bonchev–Trinajstić information content (AvgIpc) is 1.64. The minimum Gasteiger partial charge on any atom is -0.326 e. The van der Waals surface area contributed by atoms with E-state index in [1.165, 1.54) is 12.1 Å². The second kappa shape index (κ2) is 3.37. The van der Waals surface area contributed by atoms with E-state index in [1.54, 1.807) is 0 Å². The van der Waals surface area contributed by atoms with E-state index in [2.05, 4.69) is 26.6 Å². The van der Waals surface area contributed by atoms with Crippen LogP contribution in [0.4, 0.5) is 0 Å². The predicted octanol–water partition coefficient (Wildman–Crippen LogP) is 2.15. The molecule has 0 fully saturated rings. The molecule has 0 aromatic heterocycles. The molecule has 0 spiro atoms. The molecule has 2 heteroatoms. The van der Waals surface area contributed by atoms with Crippen LogP contribution >= 0.6 is 0 Å². The smallest absolute Gasteiger partial charge is 0.0691 e. The first-order valence-electron chi connectivity index (χ1n) is 3.60. The van der Waals surface area contributed by atoms with Crippen molar-refractivity contribution in [2.75, 3.05) is 0 Å². The Morgan fingerprint density at radius 1 is 1.33 bits per heavy atom. The maximum Gasteiger partial charge on any atom is 0.0691 e. The van der Waals surface area contributed by atoms with Gasteiger partial charge in [0.15, 0.2) is 0 Å². The highest BCUT2D eigenvalue weighted by Gasteiger charge is 2.22. The van der Waals surface area contributed by atoms with Gasteiger partial charge in [0.2, 0.25) is 0 Å². The molecule has 1 radical (unpaired) electrons. The fourth-order valence-electron chi connectivity index (χ4n) is 0.644. The molecule has 0 bridgehead atoms. The molecule has 0 aliphatic carbocycles. The lowest BCUT2D eigenvalue weighted by Gasteiger charge is -2.23. The molecule has 0 amide bonds. The van der Waals surface area contributed by atoms with E-state index in [4.69, 9.17) is 5.73 Å². The van der Waals surface area contributed by atoms with Crippen LogP contribution in [-0.2, 0) is 0 Å². The molecule has 0 atom stereocenters. The second-order valence-electron chi connectivity index (χ2n) is 3.53. The first-order valence-corrected chi connectivity index (χ1v) is 7.10. The molecule has 9 heavy (non-hydrogen) atoms. The van der Waals surface area contributed by atoms with E-state index in [0.717, 1.165) is 6.42 Å². The van der Waals surface area contributed by atoms with Crippen molar-refractivity contribution >= 4 is 8.07 Å². The van der Waals surface area contributed by atoms with Gasteiger partial charge in [-0.15, -0.1) is 0 Å². The van der Waals surface area contributed by atoms with E-state index < -0.39 is 8.07 Å². The van der Waals surface area contributed by atoms with E-state index in [-0.39, 0.29) is 0 Å². The van der Waals surface area contributed by atoms with Crippen molar-refractivity contribution in [1.82, 2.24) is 0 Å². The summed E-state index contributed by atoms with van der Waals surface area (Å²) in [5.74, 6) is 0. The van der Waals surface area contributed by atoms with Gasteiger partial charge in [0.25, 0.3) is 0 Å². The van der Waals surface area contributed by atoms with Gasteiger partial charge in [0.1, 0.15) is 0 Å². The minimum absolute atomic E-state index is 1.09. The van der Waals surface area contributed by atoms with Crippen molar-refractivity contribution in [2.45, 2.75) is 39.4 Å². The van der Waals surface area contributed by atoms with Crippen molar-refractivity contribution in [3.63, 3.8) is 0 Å². The standard InChI is InChI=1S/C7H18NSi/c1-5-6-7(8)9(2,3)4/h5-6,8H2,1-4H3. The Kier molecular flexibility index (Phi) is 3.44. The van der Waals surface area contributed by atoms with Gasteiger partial charge in [-0.05, 0) is 6.42 Å². The van der Waals surface area contributed by atoms with Crippen LogP contribution in [-0.4, -0.2) is 8.07 Å². The lowest BCUT2D eigenvalue weighted by molar-refractivity contribution is 0.842. The van der Waals surface area contributed by atoms with Gasteiger partial charge >= 0.3 is 0 Å². The molecule has 0 saturated heterocycles. The number of hydrogen-bond donors (Lipinski definition) is 1. The fraction of sp³-hybridized carbons (Fsp3) is 0.857. The first-order chi connectivity index (χ1) is 3.98. The zero-order valence-corrected chi connectivity index (χ0v) is 7.99. The quantitative estimate of drug-likeness (QED) is 0.603. The highest BCUT2D eigenvalue weighted by Crippen LogP contribution is 2.16. The van der Waals surface area contributed by atoms with Crippen molar-refractivity contribution in [2.24, 2.45) is 5.73 Å². The van der Waals surface area contributed by atoms with Crippen LogP contribution in [0.5, 0.6) is 0 Å². The average molecular weight is 144 g/mol. The van der Waals surface area contributed by atoms with Crippen LogP contribution in [0.25, 0.3) is 0 Å². The zero-order chi connectivity index (χ0) is 7.49. The van der Waals surface area contributed by atoms with Gasteiger partial charge in [-0.2, -0.15) is 0 Å². The maximum absolute atomic E-state index is 5.84. The molecule has 0 aromatic carbocycles. The fourth-order valence-corrected chi connectivity index (χ4v) is 1.64. The lowest BCUT2D eigenvalue weighted by Crippen LogP contribution is -2.37. The van der Waals surface area contributed by atoms with E-state index in [0.29, 0.717) is 0 Å². The van der Waals surface area contributed by atoms with E-state index in [1.807, 2.05) is 0 Å². The third kappa shape index (κ3) is 3.70. The van der Waals surface area contributed by atoms with Crippen molar-refractivity contribution in [3.8, 4) is 0 Å². The van der Waals surface area contributed by atoms with Crippen LogP contribution in [0.3, 0.4) is 0 Å². The Morgan fingerprint density at radius 3 is 1.89 bits per heavy atom. The Morgan fingerprint density at radius 2 is 1.78 bits per heavy atom. The third-order valence-corrected chi connectivity index (χ3v) is 3.66. The Balaban J connectivity index is 3.59. The summed E-state index contributed by atoms with van der Waals surface area (Å²) < 4.78 is 0. The molecule has 0 aromatic rings. The van der Waals surface area contributed by atoms with Gasteiger partial charge in [0, 0.05) is 5.67 Å². The molecule has 2 N–H and O–H groups in total. The number of rotatable bonds is 3. The number of nitrogens with two attached hydrogens (primary N) is 1.